The van der Waals surface area contributed by atoms with E-state index in [2.05, 4.69) is 15.7 Å². The van der Waals surface area contributed by atoms with Gasteiger partial charge in [0.05, 0.1) is 11.5 Å². The predicted octanol–water partition coefficient (Wildman–Crippen LogP) is 0.185. The molecule has 2 rings (SSSR count). The van der Waals surface area contributed by atoms with Gasteiger partial charge < -0.3 is 10.7 Å². The third kappa shape index (κ3) is 3.81. The van der Waals surface area contributed by atoms with Gasteiger partial charge >= 0.3 is 0 Å². The number of pyridine rings is 1. The van der Waals surface area contributed by atoms with Crippen LogP contribution < -0.4 is 16.6 Å². The average molecular weight is 319 g/mol. The average Bonchev–Trinajstić information content (AvgIpc) is 2.74. The van der Waals surface area contributed by atoms with Gasteiger partial charge in [-0.05, 0) is 24.5 Å². The molecule has 0 saturated carbocycles. The number of carbonyl (C=O) groups is 1. The lowest BCUT2D eigenvalue weighted by molar-refractivity contribution is 0.0948. The van der Waals surface area contributed by atoms with E-state index in [0.29, 0.717) is 18.5 Å². The lowest BCUT2D eigenvalue weighted by Crippen LogP contribution is -2.30. The largest absolute Gasteiger partial charge is 0.352 e. The number of hydrazine groups is 1. The zero-order valence-electron chi connectivity index (χ0n) is 10.6. The molecule has 1 saturated heterocycles. The van der Waals surface area contributed by atoms with Crippen molar-refractivity contribution in [2.75, 3.05) is 23.5 Å². The van der Waals surface area contributed by atoms with E-state index in [1.165, 1.54) is 12.1 Å². The van der Waals surface area contributed by atoms with E-state index in [1.54, 1.807) is 0 Å². The lowest BCUT2D eigenvalue weighted by atomic mass is 10.1. The molecule has 1 amide bonds. The van der Waals surface area contributed by atoms with Crippen LogP contribution in [0, 0.1) is 5.92 Å². The highest BCUT2D eigenvalue weighted by Gasteiger charge is 2.28. The molecule has 1 aliphatic rings. The van der Waals surface area contributed by atoms with Gasteiger partial charge in [0.15, 0.2) is 9.84 Å². The summed E-state index contributed by atoms with van der Waals surface area (Å²) in [5, 5.41) is 2.85. The Bertz CT molecular complexity index is 620. The van der Waals surface area contributed by atoms with Crippen molar-refractivity contribution in [1.29, 1.82) is 0 Å². The van der Waals surface area contributed by atoms with Gasteiger partial charge in [0.25, 0.3) is 5.91 Å². The fraction of sp³-hybridized carbons (Fsp3) is 0.455. The number of rotatable bonds is 4. The highest BCUT2D eigenvalue weighted by Crippen LogP contribution is 2.18. The molecule has 1 fully saturated rings. The monoisotopic (exact) mass is 318 g/mol. The van der Waals surface area contributed by atoms with Crippen LogP contribution in [0.5, 0.6) is 0 Å². The Kier molecular flexibility index (Phi) is 4.46. The zero-order chi connectivity index (χ0) is 14.8. The summed E-state index contributed by atoms with van der Waals surface area (Å²) in [5.41, 5.74) is 2.63. The number of sulfone groups is 1. The number of amides is 1. The molecule has 1 aromatic heterocycles. The first-order valence-corrected chi connectivity index (χ1v) is 8.22. The molecule has 9 heteroatoms. The van der Waals surface area contributed by atoms with Crippen LogP contribution in [0.2, 0.25) is 5.15 Å². The normalized spacial score (nSPS) is 20.6. The van der Waals surface area contributed by atoms with E-state index >= 15 is 0 Å². The maximum absolute atomic E-state index is 12.0. The maximum atomic E-state index is 12.0. The minimum atomic E-state index is -2.93. The van der Waals surface area contributed by atoms with Crippen LogP contribution in [0.4, 0.5) is 5.82 Å². The van der Waals surface area contributed by atoms with E-state index in [4.69, 9.17) is 17.4 Å². The molecule has 4 N–H and O–H groups in total. The summed E-state index contributed by atoms with van der Waals surface area (Å²) in [6.07, 6.45) is 0.579. The van der Waals surface area contributed by atoms with Crippen LogP contribution >= 0.6 is 11.6 Å². The minimum Gasteiger partial charge on any atom is -0.352 e. The highest BCUT2D eigenvalue weighted by atomic mass is 35.5. The number of nitrogens with two attached hydrogens (primary N) is 1. The Labute approximate surface area is 121 Å². The van der Waals surface area contributed by atoms with Crippen LogP contribution in [0.3, 0.4) is 0 Å². The van der Waals surface area contributed by atoms with Gasteiger partial charge in [-0.3, -0.25) is 4.79 Å². The van der Waals surface area contributed by atoms with E-state index in [0.717, 1.165) is 0 Å². The van der Waals surface area contributed by atoms with Crippen molar-refractivity contribution < 1.29 is 13.2 Å². The van der Waals surface area contributed by atoms with Gasteiger partial charge in [-0.25, -0.2) is 19.2 Å². The van der Waals surface area contributed by atoms with Crippen LogP contribution in [0.25, 0.3) is 0 Å². The first-order chi connectivity index (χ1) is 9.39. The van der Waals surface area contributed by atoms with Gasteiger partial charge in [0, 0.05) is 12.1 Å². The molecule has 7 nitrogen and oxygen atoms in total. The summed E-state index contributed by atoms with van der Waals surface area (Å²) in [5.74, 6) is 5.45. The van der Waals surface area contributed by atoms with Crippen molar-refractivity contribution in [3.05, 3.63) is 22.8 Å². The molecule has 1 atom stereocenters. The number of nitrogens with zero attached hydrogens (tertiary/aromatic N) is 1. The van der Waals surface area contributed by atoms with E-state index in [9.17, 15) is 13.2 Å². The second-order valence-electron chi connectivity index (χ2n) is 4.69. The molecule has 1 aliphatic heterocycles. The first-order valence-electron chi connectivity index (χ1n) is 6.02. The first kappa shape index (κ1) is 15.0. The summed E-state index contributed by atoms with van der Waals surface area (Å²) in [6, 6.07) is 2.88. The van der Waals surface area contributed by atoms with Crippen LogP contribution in [0.1, 0.15) is 16.8 Å². The molecule has 0 spiro atoms. The number of halogens is 1. The molecule has 0 radical (unpaired) electrons. The third-order valence-corrected chi connectivity index (χ3v) is 5.11. The number of anilines is 1. The topological polar surface area (TPSA) is 114 Å². The fourth-order valence-electron chi connectivity index (χ4n) is 2.07. The smallest absolute Gasteiger partial charge is 0.251 e. The number of aromatic nitrogens is 1. The van der Waals surface area contributed by atoms with E-state index in [1.807, 2.05) is 0 Å². The van der Waals surface area contributed by atoms with Crippen LogP contribution in [-0.4, -0.2) is 37.4 Å². The van der Waals surface area contributed by atoms with Gasteiger partial charge in [-0.1, -0.05) is 11.6 Å². The quantitative estimate of drug-likeness (QED) is 0.415. The van der Waals surface area contributed by atoms with E-state index < -0.39 is 9.84 Å². The summed E-state index contributed by atoms with van der Waals surface area (Å²) in [7, 11) is -2.93. The Morgan fingerprint density at radius 2 is 2.25 bits per heavy atom. The number of hydrogen-bond donors (Lipinski definition) is 3. The minimum absolute atomic E-state index is 0.0339. The van der Waals surface area contributed by atoms with Crippen molar-refractivity contribution in [3.63, 3.8) is 0 Å². The van der Waals surface area contributed by atoms with Crippen LogP contribution in [-0.2, 0) is 9.84 Å². The Hall–Kier alpha value is -1.38. The SMILES string of the molecule is NNc1cc(C(=O)NCC2CCS(=O)(=O)C2)cc(Cl)n1. The Balaban J connectivity index is 1.97. The number of nitrogen functional groups attached to an aromatic ring is 1. The summed E-state index contributed by atoms with van der Waals surface area (Å²) < 4.78 is 22.6. The molecule has 1 aromatic rings. The van der Waals surface area contributed by atoms with Gasteiger partial charge in [0.2, 0.25) is 0 Å². The number of carbonyl (C=O) groups excluding carboxylic acids is 1. The lowest BCUT2D eigenvalue weighted by Gasteiger charge is -2.10. The Morgan fingerprint density at radius 1 is 1.50 bits per heavy atom. The zero-order valence-corrected chi connectivity index (χ0v) is 12.2. The molecule has 20 heavy (non-hydrogen) atoms. The van der Waals surface area contributed by atoms with Crippen molar-refractivity contribution in [1.82, 2.24) is 10.3 Å². The van der Waals surface area contributed by atoms with Crippen molar-refractivity contribution in [2.24, 2.45) is 11.8 Å². The third-order valence-electron chi connectivity index (χ3n) is 3.08. The van der Waals surface area contributed by atoms with E-state index in [-0.39, 0.29) is 34.3 Å². The van der Waals surface area contributed by atoms with Crippen molar-refractivity contribution >= 4 is 33.2 Å². The number of hydrogen-bond acceptors (Lipinski definition) is 6. The number of nitrogens with one attached hydrogen (secondary N) is 2. The summed E-state index contributed by atoms with van der Waals surface area (Å²) in [4.78, 5) is 15.8. The highest BCUT2D eigenvalue weighted by molar-refractivity contribution is 7.91. The molecule has 0 bridgehead atoms. The van der Waals surface area contributed by atoms with Gasteiger partial charge in [0.1, 0.15) is 11.0 Å². The molecule has 2 heterocycles. The molecule has 1 unspecified atom stereocenters. The molecule has 0 aromatic carbocycles. The van der Waals surface area contributed by atoms with Crippen LogP contribution in [0.15, 0.2) is 12.1 Å². The maximum Gasteiger partial charge on any atom is 0.251 e. The molecular formula is C11H15ClN4O3S. The van der Waals surface area contributed by atoms with Gasteiger partial charge in [-0.2, -0.15) is 0 Å². The molecule has 110 valence electrons. The summed E-state index contributed by atoms with van der Waals surface area (Å²) >= 11 is 5.77. The van der Waals surface area contributed by atoms with Crippen molar-refractivity contribution in [3.8, 4) is 0 Å². The summed E-state index contributed by atoms with van der Waals surface area (Å²) in [6.45, 7) is 0.323. The molecular weight excluding hydrogens is 304 g/mol. The second-order valence-corrected chi connectivity index (χ2v) is 7.30. The van der Waals surface area contributed by atoms with Crippen molar-refractivity contribution in [2.45, 2.75) is 6.42 Å². The second kappa shape index (κ2) is 5.94. The predicted molar refractivity (Wildman–Crippen MR) is 76.2 cm³/mol. The molecule has 0 aliphatic carbocycles. The standard InChI is InChI=1S/C11H15ClN4O3S/c12-9-3-8(4-10(15-9)16-13)11(17)14-5-7-1-2-20(18,19)6-7/h3-4,7H,1-2,5-6,13H2,(H,14,17)(H,15,16). The van der Waals surface area contributed by atoms with Gasteiger partial charge in [-0.15, -0.1) is 0 Å². The fourth-order valence-corrected chi connectivity index (χ4v) is 4.14. The Morgan fingerprint density at radius 3 is 2.85 bits per heavy atom.